The molecule has 0 aliphatic heterocycles. The maximum atomic E-state index is 12.5. The molecule has 1 aromatic carbocycles. The fourth-order valence-corrected chi connectivity index (χ4v) is 0.975. The maximum absolute atomic E-state index is 12.5. The Labute approximate surface area is 67.2 Å². The van der Waals surface area contributed by atoms with E-state index >= 15 is 0 Å². The molecule has 0 aliphatic carbocycles. The molecule has 0 saturated carbocycles. The molecule has 0 saturated heterocycles. The fourth-order valence-electron chi connectivity index (χ4n) is 0.522. The number of hydrogen-bond donors (Lipinski definition) is 0. The van der Waals surface area contributed by atoms with E-state index in [0.717, 1.165) is 3.57 Å². The van der Waals surface area contributed by atoms with Gasteiger partial charge in [-0.05, 0) is 47.2 Å². The lowest BCUT2D eigenvalue weighted by Gasteiger charge is -1.93. The molecule has 0 unspecified atom stereocenters. The van der Waals surface area contributed by atoms with E-state index in [9.17, 15) is 4.39 Å². The van der Waals surface area contributed by atoms with Crippen molar-refractivity contribution in [2.45, 2.75) is 0 Å². The summed E-state index contributed by atoms with van der Waals surface area (Å²) in [5.74, 6) is -0.234. The van der Waals surface area contributed by atoms with Crippen LogP contribution in [0.2, 0.25) is 0 Å². The third-order valence-corrected chi connectivity index (χ3v) is 1.69. The first-order chi connectivity index (χ1) is 4.20. The van der Waals surface area contributed by atoms with E-state index in [1.807, 2.05) is 6.07 Å². The second kappa shape index (κ2) is 2.64. The summed E-state index contributed by atoms with van der Waals surface area (Å²) < 4.78 is 13.4. The lowest BCUT2D eigenvalue weighted by molar-refractivity contribution is 0.622. The largest absolute Gasteiger partial charge is 0.207 e. The number of halogens is 2. The zero-order valence-electron chi connectivity index (χ0n) is 4.70. The van der Waals surface area contributed by atoms with Crippen LogP contribution in [-0.4, -0.2) is 0 Å². The minimum Gasteiger partial charge on any atom is -0.207 e. The average molecular weight is 235 g/mol. The highest BCUT2D eigenvalue weighted by Gasteiger charge is 1.94. The predicted octanol–water partition coefficient (Wildman–Crippen LogP) is 2.61. The van der Waals surface area contributed by atoms with Gasteiger partial charge in [-0.15, -0.1) is 0 Å². The number of hydrogen-bond acceptors (Lipinski definition) is 0. The Bertz CT molecular complexity index is 220. The van der Waals surface area contributed by atoms with Crippen molar-refractivity contribution in [3.05, 3.63) is 40.1 Å². The first-order valence-electron chi connectivity index (χ1n) is 2.47. The van der Waals surface area contributed by atoms with Gasteiger partial charge >= 0.3 is 0 Å². The van der Waals surface area contributed by atoms with Crippen molar-refractivity contribution in [3.63, 3.8) is 0 Å². The Balaban J connectivity index is 3.17. The van der Waals surface area contributed by atoms with Crippen molar-refractivity contribution in [2.24, 2.45) is 0 Å². The molecule has 0 nitrogen and oxygen atoms in total. The summed E-state index contributed by atoms with van der Waals surface area (Å²) in [6.45, 7) is 3.48. The number of benzene rings is 1. The molecule has 0 aromatic heterocycles. The van der Waals surface area contributed by atoms with E-state index in [4.69, 9.17) is 0 Å². The van der Waals surface area contributed by atoms with Crippen LogP contribution in [0.3, 0.4) is 0 Å². The van der Waals surface area contributed by atoms with E-state index in [-0.39, 0.29) is 5.82 Å². The summed E-state index contributed by atoms with van der Waals surface area (Å²) in [5, 5.41) is 0. The minimum absolute atomic E-state index is 0.234. The third kappa shape index (κ3) is 1.64. The summed E-state index contributed by atoms with van der Waals surface area (Å²) in [4.78, 5) is 0. The van der Waals surface area contributed by atoms with E-state index in [1.54, 1.807) is 6.07 Å². The minimum atomic E-state index is -0.234. The summed E-state index contributed by atoms with van der Waals surface area (Å²) in [6, 6.07) is 4.95. The van der Waals surface area contributed by atoms with Gasteiger partial charge in [0.05, 0.1) is 0 Å². The average Bonchev–Trinajstić information content (AvgIpc) is 1.80. The van der Waals surface area contributed by atoms with Crippen LogP contribution in [-0.2, 0) is 0 Å². The first kappa shape index (κ1) is 6.99. The third-order valence-electron chi connectivity index (χ3n) is 1.02. The van der Waals surface area contributed by atoms with Crippen molar-refractivity contribution >= 4 is 22.6 Å². The molecule has 0 N–H and O–H groups in total. The Morgan fingerprint density at radius 3 is 2.56 bits per heavy atom. The lowest BCUT2D eigenvalue weighted by atomic mass is 10.2. The van der Waals surface area contributed by atoms with Crippen LogP contribution < -0.4 is 0 Å². The van der Waals surface area contributed by atoms with Crippen molar-refractivity contribution in [1.29, 1.82) is 0 Å². The molecular formula is C7H5FI. The quantitative estimate of drug-likeness (QED) is 0.606. The molecule has 0 heterocycles. The molecule has 0 atom stereocenters. The molecule has 1 aromatic rings. The van der Waals surface area contributed by atoms with Crippen molar-refractivity contribution in [2.75, 3.05) is 0 Å². The predicted molar refractivity (Wildman–Crippen MR) is 43.6 cm³/mol. The van der Waals surface area contributed by atoms with E-state index in [0.29, 0.717) is 5.56 Å². The summed E-state index contributed by atoms with van der Waals surface area (Å²) in [5.41, 5.74) is 0.454. The van der Waals surface area contributed by atoms with Gasteiger partial charge in [-0.1, -0.05) is 6.07 Å². The smallest absolute Gasteiger partial charge is 0.127 e. The molecule has 0 amide bonds. The van der Waals surface area contributed by atoms with Gasteiger partial charge in [0.1, 0.15) is 5.82 Å². The molecule has 0 aliphatic rings. The molecular weight excluding hydrogens is 230 g/mol. The molecule has 0 fully saturated rings. The zero-order valence-corrected chi connectivity index (χ0v) is 6.85. The highest BCUT2D eigenvalue weighted by atomic mass is 127. The Kier molecular flexibility index (Phi) is 2.05. The van der Waals surface area contributed by atoms with Crippen molar-refractivity contribution < 1.29 is 4.39 Å². The monoisotopic (exact) mass is 235 g/mol. The maximum Gasteiger partial charge on any atom is 0.127 e. The van der Waals surface area contributed by atoms with Crippen molar-refractivity contribution in [3.8, 4) is 0 Å². The van der Waals surface area contributed by atoms with Crippen LogP contribution in [0.4, 0.5) is 4.39 Å². The topological polar surface area (TPSA) is 0 Å². The molecule has 9 heavy (non-hydrogen) atoms. The Morgan fingerprint density at radius 2 is 2.11 bits per heavy atom. The SMILES string of the molecule is [CH2]c1ccc(I)cc1F. The summed E-state index contributed by atoms with van der Waals surface area (Å²) >= 11 is 2.05. The standard InChI is InChI=1S/C7H5FI/c1-5-2-3-6(9)4-7(5)8/h2-4H,1H2. The summed E-state index contributed by atoms with van der Waals surface area (Å²) in [6.07, 6.45) is 0. The van der Waals surface area contributed by atoms with Gasteiger partial charge in [0.2, 0.25) is 0 Å². The first-order valence-corrected chi connectivity index (χ1v) is 3.55. The highest BCUT2D eigenvalue weighted by Crippen LogP contribution is 2.10. The molecule has 2 heteroatoms. The normalized spacial score (nSPS) is 9.67. The molecule has 1 radical (unpaired) electrons. The van der Waals surface area contributed by atoms with Crippen LogP contribution >= 0.6 is 22.6 Å². The number of rotatable bonds is 0. The zero-order chi connectivity index (χ0) is 6.85. The second-order valence-corrected chi connectivity index (χ2v) is 2.98. The van der Waals surface area contributed by atoms with Gasteiger partial charge in [0.15, 0.2) is 0 Å². The van der Waals surface area contributed by atoms with Gasteiger partial charge in [0, 0.05) is 3.57 Å². The van der Waals surface area contributed by atoms with Crippen LogP contribution in [0.1, 0.15) is 5.56 Å². The van der Waals surface area contributed by atoms with E-state index in [1.165, 1.54) is 6.07 Å². The van der Waals surface area contributed by atoms with Crippen LogP contribution in [0.25, 0.3) is 0 Å². The second-order valence-electron chi connectivity index (χ2n) is 1.74. The van der Waals surface area contributed by atoms with Gasteiger partial charge in [-0.2, -0.15) is 0 Å². The van der Waals surface area contributed by atoms with Gasteiger partial charge in [-0.3, -0.25) is 0 Å². The van der Waals surface area contributed by atoms with Crippen LogP contribution in [0.15, 0.2) is 18.2 Å². The highest BCUT2D eigenvalue weighted by molar-refractivity contribution is 14.1. The summed E-state index contributed by atoms with van der Waals surface area (Å²) in [7, 11) is 0. The van der Waals surface area contributed by atoms with Crippen molar-refractivity contribution in [1.82, 2.24) is 0 Å². The molecule has 0 spiro atoms. The van der Waals surface area contributed by atoms with E-state index < -0.39 is 0 Å². The van der Waals surface area contributed by atoms with Gasteiger partial charge in [-0.25, -0.2) is 4.39 Å². The molecule has 0 bridgehead atoms. The Hall–Kier alpha value is -0.120. The lowest BCUT2D eigenvalue weighted by Crippen LogP contribution is -1.80. The van der Waals surface area contributed by atoms with Gasteiger partial charge < -0.3 is 0 Å². The van der Waals surface area contributed by atoms with E-state index in [2.05, 4.69) is 29.5 Å². The van der Waals surface area contributed by atoms with Crippen LogP contribution in [0.5, 0.6) is 0 Å². The Morgan fingerprint density at radius 1 is 1.44 bits per heavy atom. The van der Waals surface area contributed by atoms with Crippen LogP contribution in [0, 0.1) is 16.3 Å². The molecule has 47 valence electrons. The fraction of sp³-hybridized carbons (Fsp3) is 0. The molecule has 1 rings (SSSR count). The van der Waals surface area contributed by atoms with Gasteiger partial charge in [0.25, 0.3) is 0 Å².